The summed E-state index contributed by atoms with van der Waals surface area (Å²) in [5.41, 5.74) is 2.63. The van der Waals surface area contributed by atoms with Crippen molar-refractivity contribution in [1.29, 1.82) is 0 Å². The average molecular weight is 385 g/mol. The first kappa shape index (κ1) is 19.7. The van der Waals surface area contributed by atoms with Gasteiger partial charge in [-0.2, -0.15) is 10.2 Å². The van der Waals surface area contributed by atoms with Crippen molar-refractivity contribution >= 4 is 23.1 Å². The number of carbonyl (C=O) groups excluding carboxylic acids is 2. The van der Waals surface area contributed by atoms with Gasteiger partial charge in [-0.15, -0.1) is 0 Å². The van der Waals surface area contributed by atoms with Crippen LogP contribution in [0.1, 0.15) is 21.5 Å². The van der Waals surface area contributed by atoms with Crippen molar-refractivity contribution in [1.82, 2.24) is 5.32 Å². The molecule has 144 valence electrons. The van der Waals surface area contributed by atoms with E-state index in [1.807, 2.05) is 18.2 Å². The Labute approximate surface area is 168 Å². The molecule has 0 spiro atoms. The minimum absolute atomic E-state index is 0.108. The second-order valence-electron chi connectivity index (χ2n) is 6.18. The van der Waals surface area contributed by atoms with E-state index in [-0.39, 0.29) is 23.0 Å². The van der Waals surface area contributed by atoms with E-state index >= 15 is 0 Å². The number of benzene rings is 3. The lowest BCUT2D eigenvalue weighted by molar-refractivity contribution is -0.116. The largest absolute Gasteiger partial charge is 0.507 e. The fraction of sp³-hybridized carbons (Fsp3) is 0.0435. The van der Waals surface area contributed by atoms with Crippen LogP contribution >= 0.6 is 0 Å². The lowest BCUT2D eigenvalue weighted by atomic mass is 10.0. The molecule has 0 aliphatic heterocycles. The van der Waals surface area contributed by atoms with Gasteiger partial charge in [0.05, 0.1) is 16.9 Å². The third-order valence-corrected chi connectivity index (χ3v) is 4.13. The number of nitrogens with zero attached hydrogens (tertiary/aromatic N) is 2. The predicted molar refractivity (Wildman–Crippen MR) is 111 cm³/mol. The molecule has 0 aliphatic rings. The van der Waals surface area contributed by atoms with Crippen LogP contribution in [0.15, 0.2) is 95.7 Å². The summed E-state index contributed by atoms with van der Waals surface area (Å²) in [5, 5.41) is 21.1. The van der Waals surface area contributed by atoms with E-state index in [1.165, 1.54) is 18.2 Å². The fourth-order valence-electron chi connectivity index (χ4n) is 2.57. The van der Waals surface area contributed by atoms with Crippen molar-refractivity contribution in [2.24, 2.45) is 10.2 Å². The van der Waals surface area contributed by atoms with Crippen LogP contribution in [0.25, 0.3) is 0 Å². The highest BCUT2D eigenvalue weighted by atomic mass is 16.3. The van der Waals surface area contributed by atoms with Gasteiger partial charge in [-0.1, -0.05) is 49.0 Å². The molecule has 0 atom stereocenters. The van der Waals surface area contributed by atoms with E-state index in [9.17, 15) is 14.7 Å². The predicted octanol–water partition coefficient (Wildman–Crippen LogP) is 4.84. The summed E-state index contributed by atoms with van der Waals surface area (Å²) >= 11 is 0. The average Bonchev–Trinajstić information content (AvgIpc) is 2.77. The number of aromatic hydroxyl groups is 1. The van der Waals surface area contributed by atoms with Gasteiger partial charge in [0.2, 0.25) is 5.91 Å². The molecule has 0 saturated carbocycles. The molecule has 0 aliphatic carbocycles. The molecule has 3 rings (SSSR count). The molecule has 1 amide bonds. The van der Waals surface area contributed by atoms with Gasteiger partial charge in [0.1, 0.15) is 5.75 Å². The molecule has 29 heavy (non-hydrogen) atoms. The highest BCUT2D eigenvalue weighted by molar-refractivity contribution is 6.11. The van der Waals surface area contributed by atoms with Gasteiger partial charge in [0, 0.05) is 12.1 Å². The summed E-state index contributed by atoms with van der Waals surface area (Å²) in [6, 6.07) is 20.5. The van der Waals surface area contributed by atoms with Crippen molar-refractivity contribution < 1.29 is 14.7 Å². The highest BCUT2D eigenvalue weighted by Crippen LogP contribution is 2.27. The summed E-state index contributed by atoms with van der Waals surface area (Å²) in [6.45, 7) is 3.80. The highest BCUT2D eigenvalue weighted by Gasteiger charge is 2.14. The lowest BCUT2D eigenvalue weighted by Crippen LogP contribution is -2.19. The number of rotatable bonds is 7. The number of amides is 1. The van der Waals surface area contributed by atoms with Gasteiger partial charge < -0.3 is 10.4 Å². The summed E-state index contributed by atoms with van der Waals surface area (Å²) in [7, 11) is 0. The van der Waals surface area contributed by atoms with Crippen molar-refractivity contribution in [2.75, 3.05) is 0 Å². The molecule has 0 saturated heterocycles. The van der Waals surface area contributed by atoms with Gasteiger partial charge >= 0.3 is 0 Å². The van der Waals surface area contributed by atoms with Crippen LogP contribution in [-0.2, 0) is 11.3 Å². The number of azo groups is 1. The monoisotopic (exact) mass is 385 g/mol. The Morgan fingerprint density at radius 1 is 0.931 bits per heavy atom. The SMILES string of the molecule is C=CC(=O)NCc1ccc(/N=N/c2ccc(O)c(C(=O)c3ccccc3)c2)cc1. The number of ketones is 1. The zero-order valence-corrected chi connectivity index (χ0v) is 15.6. The van der Waals surface area contributed by atoms with Crippen LogP contribution in [0.5, 0.6) is 5.75 Å². The second-order valence-corrected chi connectivity index (χ2v) is 6.18. The molecular weight excluding hydrogens is 366 g/mol. The van der Waals surface area contributed by atoms with Crippen molar-refractivity contribution in [3.05, 3.63) is 102 Å². The minimum Gasteiger partial charge on any atom is -0.507 e. The van der Waals surface area contributed by atoms with E-state index in [4.69, 9.17) is 0 Å². The first-order chi connectivity index (χ1) is 14.1. The number of phenolic OH excluding ortho intramolecular Hbond substituents is 1. The zero-order valence-electron chi connectivity index (χ0n) is 15.6. The summed E-state index contributed by atoms with van der Waals surface area (Å²) in [4.78, 5) is 23.8. The summed E-state index contributed by atoms with van der Waals surface area (Å²) in [5.74, 6) is -0.628. The Morgan fingerprint density at radius 2 is 1.59 bits per heavy atom. The van der Waals surface area contributed by atoms with Crippen LogP contribution in [0.3, 0.4) is 0 Å². The number of phenols is 1. The fourth-order valence-corrected chi connectivity index (χ4v) is 2.57. The third-order valence-electron chi connectivity index (χ3n) is 4.13. The Hall–Kier alpha value is -4.06. The van der Waals surface area contributed by atoms with Gasteiger partial charge in [0.25, 0.3) is 0 Å². The van der Waals surface area contributed by atoms with Crippen LogP contribution in [0, 0.1) is 0 Å². The first-order valence-corrected chi connectivity index (χ1v) is 8.90. The molecule has 3 aromatic carbocycles. The number of nitrogens with one attached hydrogen (secondary N) is 1. The van der Waals surface area contributed by atoms with Crippen molar-refractivity contribution in [3.63, 3.8) is 0 Å². The van der Waals surface area contributed by atoms with Gasteiger partial charge in [-0.25, -0.2) is 0 Å². The Bertz CT molecular complexity index is 1060. The van der Waals surface area contributed by atoms with Crippen LogP contribution in [0.2, 0.25) is 0 Å². The van der Waals surface area contributed by atoms with Crippen LogP contribution in [-0.4, -0.2) is 16.8 Å². The van der Waals surface area contributed by atoms with E-state index in [2.05, 4.69) is 22.1 Å². The summed E-state index contributed by atoms with van der Waals surface area (Å²) < 4.78 is 0. The van der Waals surface area contributed by atoms with Crippen molar-refractivity contribution in [3.8, 4) is 5.75 Å². The lowest BCUT2D eigenvalue weighted by Gasteiger charge is -2.05. The molecule has 0 radical (unpaired) electrons. The van der Waals surface area contributed by atoms with Crippen LogP contribution in [0.4, 0.5) is 11.4 Å². The Kier molecular flexibility index (Phi) is 6.27. The van der Waals surface area contributed by atoms with Gasteiger partial charge in [-0.3, -0.25) is 9.59 Å². The maximum Gasteiger partial charge on any atom is 0.243 e. The first-order valence-electron chi connectivity index (χ1n) is 8.90. The summed E-state index contributed by atoms with van der Waals surface area (Å²) in [6.07, 6.45) is 1.22. The zero-order chi connectivity index (χ0) is 20.6. The molecule has 0 bridgehead atoms. The second kappa shape index (κ2) is 9.23. The van der Waals surface area contributed by atoms with Gasteiger partial charge in [-0.05, 0) is 42.0 Å². The molecule has 0 aromatic heterocycles. The number of hydrogen-bond acceptors (Lipinski definition) is 5. The Balaban J connectivity index is 1.73. The van der Waals surface area contributed by atoms with Crippen LogP contribution < -0.4 is 5.32 Å². The molecule has 2 N–H and O–H groups in total. The molecule has 0 heterocycles. The van der Waals surface area contributed by atoms with E-state index < -0.39 is 0 Å². The van der Waals surface area contributed by atoms with E-state index in [0.717, 1.165) is 5.56 Å². The maximum atomic E-state index is 12.6. The molecular formula is C23H19N3O3. The molecule has 0 fully saturated rings. The van der Waals surface area contributed by atoms with E-state index in [1.54, 1.807) is 42.5 Å². The molecule has 3 aromatic rings. The Morgan fingerprint density at radius 3 is 2.28 bits per heavy atom. The molecule has 6 nitrogen and oxygen atoms in total. The molecule has 6 heteroatoms. The normalized spacial score (nSPS) is 10.6. The quantitative estimate of drug-likeness (QED) is 0.346. The number of hydrogen-bond donors (Lipinski definition) is 2. The minimum atomic E-state index is -0.286. The number of carbonyl (C=O) groups is 2. The van der Waals surface area contributed by atoms with Crippen molar-refractivity contribution in [2.45, 2.75) is 6.54 Å². The smallest absolute Gasteiger partial charge is 0.243 e. The topological polar surface area (TPSA) is 91.1 Å². The van der Waals surface area contributed by atoms with Gasteiger partial charge in [0.15, 0.2) is 5.78 Å². The van der Waals surface area contributed by atoms with E-state index in [0.29, 0.717) is 23.5 Å². The third kappa shape index (κ3) is 5.23. The maximum absolute atomic E-state index is 12.6. The molecule has 0 unspecified atom stereocenters. The standard InChI is InChI=1S/C23H19N3O3/c1-2-22(28)24-15-16-8-10-18(11-9-16)25-26-19-12-13-21(27)20(14-19)23(29)17-6-4-3-5-7-17/h2-14,27H,1,15H2,(H,24,28)/b26-25+.